The number of rotatable bonds is 4. The quantitative estimate of drug-likeness (QED) is 0.729. The van der Waals surface area contributed by atoms with Gasteiger partial charge in [0.2, 0.25) is 0 Å². The fraction of sp³-hybridized carbons (Fsp3) is 0.480. The highest BCUT2D eigenvalue weighted by Crippen LogP contribution is 2.37. The first-order valence-corrected chi connectivity index (χ1v) is 11.6. The zero-order chi connectivity index (χ0) is 22.2. The van der Waals surface area contributed by atoms with Crippen LogP contribution in [0.3, 0.4) is 0 Å². The summed E-state index contributed by atoms with van der Waals surface area (Å²) >= 11 is 0. The predicted octanol–water partition coefficient (Wildman–Crippen LogP) is 3.97. The number of benzene rings is 1. The lowest BCUT2D eigenvalue weighted by molar-refractivity contribution is 0.0746. The molecule has 1 atom stereocenters. The van der Waals surface area contributed by atoms with Gasteiger partial charge in [0, 0.05) is 43.6 Å². The fourth-order valence-corrected chi connectivity index (χ4v) is 4.83. The van der Waals surface area contributed by atoms with E-state index in [1.165, 1.54) is 30.4 Å². The van der Waals surface area contributed by atoms with Crippen molar-refractivity contribution in [3.63, 3.8) is 0 Å². The van der Waals surface area contributed by atoms with E-state index >= 15 is 0 Å². The predicted molar refractivity (Wildman–Crippen MR) is 123 cm³/mol. The SMILES string of the molecule is Cc1cc(C2CCC2)cnc1N1CCN(C(=O)c2ccc(N3C(=O)OC[C@H]3C)cc2)CC1. The highest BCUT2D eigenvalue weighted by Gasteiger charge is 2.31. The molecule has 32 heavy (non-hydrogen) atoms. The third kappa shape index (κ3) is 3.80. The van der Waals surface area contributed by atoms with Crippen LogP contribution in [-0.4, -0.2) is 60.7 Å². The molecule has 3 heterocycles. The van der Waals surface area contributed by atoms with Gasteiger partial charge in [0.25, 0.3) is 5.91 Å². The smallest absolute Gasteiger partial charge is 0.414 e. The van der Waals surface area contributed by atoms with Crippen molar-refractivity contribution < 1.29 is 14.3 Å². The summed E-state index contributed by atoms with van der Waals surface area (Å²) in [5, 5.41) is 0. The van der Waals surface area contributed by atoms with E-state index in [1.807, 2.05) is 30.2 Å². The van der Waals surface area contributed by atoms with Gasteiger partial charge < -0.3 is 14.5 Å². The molecule has 3 fully saturated rings. The number of aryl methyl sites for hydroxylation is 1. The number of carbonyl (C=O) groups is 2. The Morgan fingerprint density at radius 1 is 1.09 bits per heavy atom. The summed E-state index contributed by atoms with van der Waals surface area (Å²) in [6, 6.07) is 9.53. The van der Waals surface area contributed by atoms with Crippen LogP contribution in [0.1, 0.15) is 53.6 Å². The average molecular weight is 435 g/mol. The third-order valence-electron chi connectivity index (χ3n) is 6.99. The molecule has 0 unspecified atom stereocenters. The molecule has 0 bridgehead atoms. The molecule has 0 radical (unpaired) electrons. The topological polar surface area (TPSA) is 66.0 Å². The number of nitrogens with zero attached hydrogens (tertiary/aromatic N) is 4. The molecule has 2 saturated heterocycles. The van der Waals surface area contributed by atoms with E-state index in [0.29, 0.717) is 31.2 Å². The van der Waals surface area contributed by atoms with Crippen LogP contribution in [0.25, 0.3) is 0 Å². The van der Waals surface area contributed by atoms with Crippen LogP contribution in [0.4, 0.5) is 16.3 Å². The average Bonchev–Trinajstić information content (AvgIpc) is 3.10. The molecular formula is C25H30N4O3. The molecule has 7 heteroatoms. The van der Waals surface area contributed by atoms with Crippen molar-refractivity contribution in [3.05, 3.63) is 53.2 Å². The highest BCUT2D eigenvalue weighted by atomic mass is 16.6. The van der Waals surface area contributed by atoms with E-state index < -0.39 is 0 Å². The van der Waals surface area contributed by atoms with Crippen molar-refractivity contribution in [2.45, 2.75) is 45.1 Å². The van der Waals surface area contributed by atoms with E-state index in [-0.39, 0.29) is 18.0 Å². The summed E-state index contributed by atoms with van der Waals surface area (Å²) in [5.41, 5.74) is 3.99. The largest absolute Gasteiger partial charge is 0.447 e. The first kappa shape index (κ1) is 20.8. The fourth-order valence-electron chi connectivity index (χ4n) is 4.83. The molecule has 1 saturated carbocycles. The van der Waals surface area contributed by atoms with Gasteiger partial charge in [0.15, 0.2) is 0 Å². The van der Waals surface area contributed by atoms with Gasteiger partial charge in [-0.3, -0.25) is 9.69 Å². The molecule has 7 nitrogen and oxygen atoms in total. The number of hydrogen-bond donors (Lipinski definition) is 0. The molecule has 2 amide bonds. The Bertz CT molecular complexity index is 1010. The standard InChI is InChI=1S/C25H30N4O3/c1-17-14-21(19-4-3-5-19)15-26-23(17)27-10-12-28(13-11-27)24(30)20-6-8-22(9-7-20)29-18(2)16-32-25(29)31/h6-9,14-15,18-19H,3-5,10-13,16H2,1-2H3/t18-/m1/s1. The number of aromatic nitrogens is 1. The Hall–Kier alpha value is -3.09. The van der Waals surface area contributed by atoms with Crippen molar-refractivity contribution in [2.24, 2.45) is 0 Å². The molecule has 1 aromatic carbocycles. The molecule has 1 aromatic heterocycles. The molecule has 2 aliphatic heterocycles. The molecule has 0 N–H and O–H groups in total. The lowest BCUT2D eigenvalue weighted by Crippen LogP contribution is -2.49. The second-order valence-corrected chi connectivity index (χ2v) is 9.16. The third-order valence-corrected chi connectivity index (χ3v) is 6.99. The lowest BCUT2D eigenvalue weighted by atomic mass is 9.80. The van der Waals surface area contributed by atoms with E-state index in [1.54, 1.807) is 17.0 Å². The molecular weight excluding hydrogens is 404 g/mol. The first-order valence-electron chi connectivity index (χ1n) is 11.6. The van der Waals surface area contributed by atoms with Gasteiger partial charge >= 0.3 is 6.09 Å². The second-order valence-electron chi connectivity index (χ2n) is 9.16. The molecule has 2 aromatic rings. The maximum absolute atomic E-state index is 13.0. The monoisotopic (exact) mass is 434 g/mol. The van der Waals surface area contributed by atoms with Crippen LogP contribution >= 0.6 is 0 Å². The van der Waals surface area contributed by atoms with Crippen LogP contribution in [0.2, 0.25) is 0 Å². The van der Waals surface area contributed by atoms with Gasteiger partial charge in [0.1, 0.15) is 12.4 Å². The van der Waals surface area contributed by atoms with Crippen LogP contribution in [0, 0.1) is 6.92 Å². The summed E-state index contributed by atoms with van der Waals surface area (Å²) in [7, 11) is 0. The van der Waals surface area contributed by atoms with Crippen molar-refractivity contribution in [1.29, 1.82) is 0 Å². The Morgan fingerprint density at radius 3 is 2.38 bits per heavy atom. The van der Waals surface area contributed by atoms with E-state index in [9.17, 15) is 9.59 Å². The van der Waals surface area contributed by atoms with Crippen LogP contribution in [0.5, 0.6) is 0 Å². The number of ether oxygens (including phenoxy) is 1. The first-order chi connectivity index (χ1) is 15.5. The van der Waals surface area contributed by atoms with E-state index in [4.69, 9.17) is 9.72 Å². The minimum Gasteiger partial charge on any atom is -0.447 e. The maximum Gasteiger partial charge on any atom is 0.414 e. The van der Waals surface area contributed by atoms with Crippen LogP contribution in [0.15, 0.2) is 36.5 Å². The second kappa shape index (κ2) is 8.45. The van der Waals surface area contributed by atoms with Gasteiger partial charge in [-0.15, -0.1) is 0 Å². The molecule has 3 aliphatic rings. The van der Waals surface area contributed by atoms with Crippen molar-refractivity contribution in [3.8, 4) is 0 Å². The normalized spacial score (nSPS) is 21.5. The summed E-state index contributed by atoms with van der Waals surface area (Å²) in [4.78, 5) is 35.5. The minimum absolute atomic E-state index is 0.00280. The number of piperazine rings is 1. The molecule has 168 valence electrons. The highest BCUT2D eigenvalue weighted by molar-refractivity contribution is 5.96. The summed E-state index contributed by atoms with van der Waals surface area (Å²) < 4.78 is 5.09. The van der Waals surface area contributed by atoms with E-state index in [0.717, 1.165) is 24.6 Å². The van der Waals surface area contributed by atoms with E-state index in [2.05, 4.69) is 17.9 Å². The Balaban J connectivity index is 1.21. The number of hydrogen-bond acceptors (Lipinski definition) is 5. The van der Waals surface area contributed by atoms with Crippen molar-refractivity contribution in [2.75, 3.05) is 42.6 Å². The van der Waals surface area contributed by atoms with Gasteiger partial charge in [-0.1, -0.05) is 12.5 Å². The Labute approximate surface area is 189 Å². The number of pyridine rings is 1. The van der Waals surface area contributed by atoms with Gasteiger partial charge in [-0.2, -0.15) is 0 Å². The molecule has 0 spiro atoms. The van der Waals surface area contributed by atoms with Gasteiger partial charge in [-0.05, 0) is 68.0 Å². The Morgan fingerprint density at radius 2 is 1.81 bits per heavy atom. The molecule has 1 aliphatic carbocycles. The Kier molecular flexibility index (Phi) is 5.49. The zero-order valence-corrected chi connectivity index (χ0v) is 18.8. The lowest BCUT2D eigenvalue weighted by Gasteiger charge is -2.36. The number of anilines is 2. The number of carbonyl (C=O) groups excluding carboxylic acids is 2. The summed E-state index contributed by atoms with van der Waals surface area (Å²) in [6.45, 7) is 7.36. The zero-order valence-electron chi connectivity index (χ0n) is 18.8. The van der Waals surface area contributed by atoms with Crippen molar-refractivity contribution >= 4 is 23.5 Å². The molecule has 5 rings (SSSR count). The summed E-state index contributed by atoms with van der Waals surface area (Å²) in [5.74, 6) is 1.75. The van der Waals surface area contributed by atoms with Crippen LogP contribution in [-0.2, 0) is 4.74 Å². The van der Waals surface area contributed by atoms with Crippen molar-refractivity contribution in [1.82, 2.24) is 9.88 Å². The maximum atomic E-state index is 13.0. The number of amides is 2. The van der Waals surface area contributed by atoms with Gasteiger partial charge in [0.05, 0.1) is 6.04 Å². The summed E-state index contributed by atoms with van der Waals surface area (Å²) in [6.07, 6.45) is 5.60. The van der Waals surface area contributed by atoms with Gasteiger partial charge in [-0.25, -0.2) is 9.78 Å². The number of cyclic esters (lactones) is 1. The minimum atomic E-state index is -0.336. The van der Waals surface area contributed by atoms with Crippen LogP contribution < -0.4 is 9.80 Å².